The van der Waals surface area contributed by atoms with Crippen LogP contribution in [-0.2, 0) is 27.2 Å². The van der Waals surface area contributed by atoms with Crippen LogP contribution in [0, 0.1) is 5.82 Å². The van der Waals surface area contributed by atoms with Gasteiger partial charge in [0.1, 0.15) is 17.9 Å². The quantitative estimate of drug-likeness (QED) is 0.575. The van der Waals surface area contributed by atoms with Gasteiger partial charge in [0, 0.05) is 24.2 Å². The van der Waals surface area contributed by atoms with Gasteiger partial charge in [-0.1, -0.05) is 40.2 Å². The number of benzene rings is 2. The van der Waals surface area contributed by atoms with Crippen molar-refractivity contribution in [2.24, 2.45) is 0 Å². The monoisotopic (exact) mass is 450 g/mol. The summed E-state index contributed by atoms with van der Waals surface area (Å²) in [6, 6.07) is 10.6. The van der Waals surface area contributed by atoms with Gasteiger partial charge in [0.05, 0.1) is 0 Å². The summed E-state index contributed by atoms with van der Waals surface area (Å²) in [4.78, 5) is 35.7. The molecule has 2 amide bonds. The highest BCUT2D eigenvalue weighted by atomic mass is 79.9. The number of carbonyl (C=O) groups excluding carboxylic acids is 2. The smallest absolute Gasteiger partial charge is 0.326 e. The van der Waals surface area contributed by atoms with Crippen molar-refractivity contribution in [2.75, 3.05) is 0 Å². The van der Waals surface area contributed by atoms with Crippen LogP contribution in [0.5, 0.6) is 0 Å². The second kappa shape index (κ2) is 9.98. The Hall–Kier alpha value is -2.74. The molecule has 8 heteroatoms. The van der Waals surface area contributed by atoms with Gasteiger partial charge in [-0.05, 0) is 35.4 Å². The Balaban J connectivity index is 2.14. The van der Waals surface area contributed by atoms with Crippen LogP contribution in [0.2, 0.25) is 0 Å². The van der Waals surface area contributed by atoms with E-state index in [0.717, 1.165) is 10.0 Å². The highest BCUT2D eigenvalue weighted by molar-refractivity contribution is 9.10. The molecule has 0 aliphatic carbocycles. The van der Waals surface area contributed by atoms with Crippen LogP contribution in [0.1, 0.15) is 18.1 Å². The molecule has 0 fully saturated rings. The Bertz CT molecular complexity index is 875. The number of carbonyl (C=O) groups is 3. The lowest BCUT2D eigenvalue weighted by Gasteiger charge is -2.21. The Kier molecular flexibility index (Phi) is 7.69. The molecule has 2 aromatic rings. The van der Waals surface area contributed by atoms with Crippen LogP contribution in [0.4, 0.5) is 4.39 Å². The van der Waals surface area contributed by atoms with Crippen molar-refractivity contribution in [1.29, 1.82) is 0 Å². The summed E-state index contributed by atoms with van der Waals surface area (Å²) in [5.74, 6) is -2.75. The van der Waals surface area contributed by atoms with E-state index in [-0.39, 0.29) is 12.8 Å². The van der Waals surface area contributed by atoms with Crippen molar-refractivity contribution in [3.63, 3.8) is 0 Å². The van der Waals surface area contributed by atoms with Crippen molar-refractivity contribution >= 4 is 33.7 Å². The number of carboxylic acid groups (broad SMARTS) is 1. The van der Waals surface area contributed by atoms with E-state index in [2.05, 4.69) is 26.6 Å². The number of amides is 2. The zero-order valence-electron chi connectivity index (χ0n) is 15.1. The van der Waals surface area contributed by atoms with Gasteiger partial charge in [0.15, 0.2) is 0 Å². The summed E-state index contributed by atoms with van der Waals surface area (Å²) < 4.78 is 14.2. The minimum atomic E-state index is -1.19. The molecule has 2 aromatic carbocycles. The molecule has 0 radical (unpaired) electrons. The molecule has 28 heavy (non-hydrogen) atoms. The summed E-state index contributed by atoms with van der Waals surface area (Å²) in [7, 11) is 0. The Morgan fingerprint density at radius 3 is 2.18 bits per heavy atom. The first-order valence-corrected chi connectivity index (χ1v) is 9.33. The van der Waals surface area contributed by atoms with Crippen molar-refractivity contribution in [3.8, 4) is 0 Å². The average molecular weight is 451 g/mol. The number of hydrogen-bond donors (Lipinski definition) is 3. The minimum absolute atomic E-state index is 0.0341. The van der Waals surface area contributed by atoms with E-state index < -0.39 is 35.7 Å². The third-order valence-electron chi connectivity index (χ3n) is 3.97. The molecule has 0 bridgehead atoms. The van der Waals surface area contributed by atoms with Crippen molar-refractivity contribution < 1.29 is 23.9 Å². The first-order valence-electron chi connectivity index (χ1n) is 8.53. The Morgan fingerprint density at radius 1 is 1.00 bits per heavy atom. The molecule has 2 rings (SSSR count). The number of aliphatic carboxylic acids is 1. The van der Waals surface area contributed by atoms with Crippen LogP contribution < -0.4 is 10.6 Å². The maximum absolute atomic E-state index is 13.4. The molecular weight excluding hydrogens is 431 g/mol. The number of nitrogens with one attached hydrogen (secondary N) is 2. The highest BCUT2D eigenvalue weighted by Gasteiger charge is 2.26. The van der Waals surface area contributed by atoms with Gasteiger partial charge >= 0.3 is 5.97 Å². The third-order valence-corrected chi connectivity index (χ3v) is 4.46. The van der Waals surface area contributed by atoms with Gasteiger partial charge in [-0.25, -0.2) is 9.18 Å². The SMILES string of the molecule is CC(=O)N[C@H](Cc1cccc(F)c1)C(=O)N[C@H](Cc1cccc(Br)c1)C(=O)O. The van der Waals surface area contributed by atoms with Crippen LogP contribution >= 0.6 is 15.9 Å². The maximum atomic E-state index is 13.4. The first-order chi connectivity index (χ1) is 13.2. The second-order valence-electron chi connectivity index (χ2n) is 6.32. The van der Waals surface area contributed by atoms with Crippen molar-refractivity contribution in [2.45, 2.75) is 31.8 Å². The summed E-state index contributed by atoms with van der Waals surface area (Å²) in [5, 5.41) is 14.4. The molecule has 148 valence electrons. The topological polar surface area (TPSA) is 95.5 Å². The average Bonchev–Trinajstić information content (AvgIpc) is 2.60. The van der Waals surface area contributed by atoms with E-state index in [0.29, 0.717) is 5.56 Å². The fourth-order valence-corrected chi connectivity index (χ4v) is 3.17. The largest absolute Gasteiger partial charge is 0.480 e. The van der Waals surface area contributed by atoms with Gasteiger partial charge in [-0.3, -0.25) is 9.59 Å². The standard InChI is InChI=1S/C20H20BrFN2O4/c1-12(25)23-17(10-14-5-3-7-16(22)9-14)19(26)24-18(20(27)28)11-13-4-2-6-15(21)8-13/h2-9,17-18H,10-11H2,1H3,(H,23,25)(H,24,26)(H,27,28)/t17-,18-/m1/s1. The predicted octanol–water partition coefficient (Wildman–Crippen LogP) is 2.45. The Labute approximate surface area is 170 Å². The summed E-state index contributed by atoms with van der Waals surface area (Å²) >= 11 is 3.32. The van der Waals surface area contributed by atoms with Crippen LogP contribution in [0.3, 0.4) is 0 Å². The van der Waals surface area contributed by atoms with Crippen LogP contribution in [0.15, 0.2) is 53.0 Å². The molecule has 0 heterocycles. The zero-order chi connectivity index (χ0) is 20.7. The predicted molar refractivity (Wildman–Crippen MR) is 105 cm³/mol. The third kappa shape index (κ3) is 6.77. The number of hydrogen-bond acceptors (Lipinski definition) is 3. The Morgan fingerprint density at radius 2 is 1.61 bits per heavy atom. The van der Waals surface area contributed by atoms with E-state index >= 15 is 0 Å². The fraction of sp³-hybridized carbons (Fsp3) is 0.250. The molecule has 0 saturated carbocycles. The van der Waals surface area contributed by atoms with Crippen molar-refractivity contribution in [1.82, 2.24) is 10.6 Å². The maximum Gasteiger partial charge on any atom is 0.326 e. The molecule has 0 aliphatic rings. The lowest BCUT2D eigenvalue weighted by molar-refractivity contribution is -0.142. The lowest BCUT2D eigenvalue weighted by atomic mass is 10.0. The zero-order valence-corrected chi connectivity index (χ0v) is 16.7. The summed E-state index contributed by atoms with van der Waals surface area (Å²) in [6.07, 6.45) is 0.111. The van der Waals surface area contributed by atoms with E-state index in [1.807, 2.05) is 6.07 Å². The normalized spacial score (nSPS) is 12.7. The minimum Gasteiger partial charge on any atom is -0.480 e. The number of rotatable bonds is 8. The van der Waals surface area contributed by atoms with Gasteiger partial charge < -0.3 is 15.7 Å². The van der Waals surface area contributed by atoms with Gasteiger partial charge in [-0.2, -0.15) is 0 Å². The van der Waals surface area contributed by atoms with Crippen LogP contribution in [0.25, 0.3) is 0 Å². The second-order valence-corrected chi connectivity index (χ2v) is 7.24. The van der Waals surface area contributed by atoms with E-state index in [4.69, 9.17) is 0 Å². The summed E-state index contributed by atoms with van der Waals surface area (Å²) in [5.41, 5.74) is 1.23. The molecule has 2 atom stereocenters. The number of halogens is 2. The van der Waals surface area contributed by atoms with Gasteiger partial charge in [0.2, 0.25) is 11.8 Å². The molecule has 0 spiro atoms. The molecule has 0 aliphatic heterocycles. The van der Waals surface area contributed by atoms with Crippen molar-refractivity contribution in [3.05, 3.63) is 69.9 Å². The lowest BCUT2D eigenvalue weighted by Crippen LogP contribution is -2.52. The molecular formula is C20H20BrFN2O4. The van der Waals surface area contributed by atoms with E-state index in [1.165, 1.54) is 25.1 Å². The van der Waals surface area contributed by atoms with Gasteiger partial charge in [0.25, 0.3) is 0 Å². The molecule has 0 aromatic heterocycles. The van der Waals surface area contributed by atoms with E-state index in [1.54, 1.807) is 24.3 Å². The summed E-state index contributed by atoms with van der Waals surface area (Å²) in [6.45, 7) is 1.25. The van der Waals surface area contributed by atoms with E-state index in [9.17, 15) is 23.9 Å². The first kappa shape index (κ1) is 21.6. The van der Waals surface area contributed by atoms with Gasteiger partial charge in [-0.15, -0.1) is 0 Å². The molecule has 0 saturated heterocycles. The highest BCUT2D eigenvalue weighted by Crippen LogP contribution is 2.14. The molecule has 0 unspecified atom stereocenters. The molecule has 3 N–H and O–H groups in total. The van der Waals surface area contributed by atoms with Crippen LogP contribution in [-0.4, -0.2) is 35.0 Å². The molecule has 6 nitrogen and oxygen atoms in total. The fourth-order valence-electron chi connectivity index (χ4n) is 2.73. The number of carboxylic acids is 1.